The topological polar surface area (TPSA) is 190 Å². The SMILES string of the molecule is Cc1ccc(CNc2cc(N(C)C)c3c(c2O)C(O)=C2C(=O)[C@]4(O)C(O)=C(C(N)=O)C(=O)[C@@H](N(C)C)[C@@H]4C[C@@H]2C3)o1. The maximum absolute atomic E-state index is 14.1. The Labute approximate surface area is 236 Å². The van der Waals surface area contributed by atoms with Crippen LogP contribution < -0.4 is 16.0 Å². The molecule has 1 amide bonds. The van der Waals surface area contributed by atoms with Crippen molar-refractivity contribution in [1.29, 1.82) is 0 Å². The van der Waals surface area contributed by atoms with Crippen LogP contribution in [0.3, 0.4) is 0 Å². The molecule has 0 unspecified atom stereocenters. The summed E-state index contributed by atoms with van der Waals surface area (Å²) in [6, 6.07) is 4.21. The molecule has 1 heterocycles. The first-order valence-corrected chi connectivity index (χ1v) is 13.2. The maximum Gasteiger partial charge on any atom is 0.255 e. The number of rotatable bonds is 6. The fourth-order valence-corrected chi connectivity index (χ4v) is 6.59. The number of phenols is 1. The van der Waals surface area contributed by atoms with Gasteiger partial charge in [0.25, 0.3) is 5.91 Å². The van der Waals surface area contributed by atoms with Crippen LogP contribution in [-0.4, -0.2) is 82.6 Å². The molecule has 0 bridgehead atoms. The van der Waals surface area contributed by atoms with E-state index in [1.807, 2.05) is 32.0 Å². The lowest BCUT2D eigenvalue weighted by Gasteiger charge is -2.50. The van der Waals surface area contributed by atoms with E-state index in [1.54, 1.807) is 26.2 Å². The molecule has 0 aliphatic heterocycles. The van der Waals surface area contributed by atoms with Crippen molar-refractivity contribution in [2.24, 2.45) is 17.6 Å². The average molecular weight is 567 g/mol. The molecule has 12 nitrogen and oxygen atoms in total. The number of fused-ring (bicyclic) bond motifs is 3. The first-order chi connectivity index (χ1) is 19.2. The van der Waals surface area contributed by atoms with Gasteiger partial charge in [-0.2, -0.15) is 0 Å². The van der Waals surface area contributed by atoms with Crippen molar-refractivity contribution in [3.63, 3.8) is 0 Å². The molecule has 0 spiro atoms. The third kappa shape index (κ3) is 4.08. The number of primary amides is 1. The molecule has 7 N–H and O–H groups in total. The van der Waals surface area contributed by atoms with Gasteiger partial charge < -0.3 is 40.8 Å². The van der Waals surface area contributed by atoms with E-state index in [4.69, 9.17) is 10.2 Å². The van der Waals surface area contributed by atoms with E-state index in [1.165, 1.54) is 4.90 Å². The summed E-state index contributed by atoms with van der Waals surface area (Å²) < 4.78 is 5.60. The number of furan rings is 1. The monoisotopic (exact) mass is 566 g/mol. The number of carbonyl (C=O) groups is 3. The zero-order valence-corrected chi connectivity index (χ0v) is 23.5. The number of ketones is 2. The van der Waals surface area contributed by atoms with Gasteiger partial charge in [-0.1, -0.05) is 0 Å². The Kier molecular flexibility index (Phi) is 6.66. The third-order valence-corrected chi connectivity index (χ3v) is 8.43. The predicted molar refractivity (Wildman–Crippen MR) is 149 cm³/mol. The van der Waals surface area contributed by atoms with E-state index in [0.29, 0.717) is 17.0 Å². The summed E-state index contributed by atoms with van der Waals surface area (Å²) in [5.74, 6) is -5.50. The van der Waals surface area contributed by atoms with E-state index in [9.17, 15) is 34.8 Å². The molecule has 218 valence electrons. The third-order valence-electron chi connectivity index (χ3n) is 8.43. The van der Waals surface area contributed by atoms with Gasteiger partial charge in [0.15, 0.2) is 11.4 Å². The average Bonchev–Trinajstić information content (AvgIpc) is 3.30. The van der Waals surface area contributed by atoms with Crippen LogP contribution in [0.15, 0.2) is 39.5 Å². The number of Topliss-reactive ketones (excluding diaryl/α,β-unsaturated/α-hetero) is 2. The van der Waals surface area contributed by atoms with Gasteiger partial charge >= 0.3 is 0 Å². The molecular weight excluding hydrogens is 532 g/mol. The lowest BCUT2D eigenvalue weighted by atomic mass is 9.57. The minimum Gasteiger partial charge on any atom is -0.508 e. The van der Waals surface area contributed by atoms with E-state index in [0.717, 1.165) is 5.76 Å². The number of phenolic OH excluding ortho intramolecular Hbond substituents is 1. The quantitative estimate of drug-likeness (QED) is 0.220. The number of amides is 1. The second kappa shape index (κ2) is 9.67. The number of aliphatic hydroxyl groups is 3. The van der Waals surface area contributed by atoms with Crippen molar-refractivity contribution < 1.29 is 39.2 Å². The van der Waals surface area contributed by atoms with Gasteiger partial charge in [0.1, 0.15) is 34.4 Å². The van der Waals surface area contributed by atoms with Gasteiger partial charge in [-0.05, 0) is 63.5 Å². The smallest absolute Gasteiger partial charge is 0.255 e. The number of benzene rings is 1. The van der Waals surface area contributed by atoms with Crippen LogP contribution in [0, 0.1) is 18.8 Å². The number of anilines is 2. The van der Waals surface area contributed by atoms with Crippen LogP contribution in [-0.2, 0) is 27.3 Å². The number of hydrogen-bond acceptors (Lipinski definition) is 11. The fraction of sp³-hybridized carbons (Fsp3) is 0.414. The normalized spacial score (nSPS) is 25.7. The largest absolute Gasteiger partial charge is 0.508 e. The van der Waals surface area contributed by atoms with Gasteiger partial charge in [0, 0.05) is 31.3 Å². The van der Waals surface area contributed by atoms with Crippen molar-refractivity contribution in [3.05, 3.63) is 57.8 Å². The molecule has 3 aliphatic rings. The Balaban J connectivity index is 1.67. The summed E-state index contributed by atoms with van der Waals surface area (Å²) in [5, 5.41) is 48.8. The number of nitrogens with zero attached hydrogens (tertiary/aromatic N) is 2. The second-order valence-corrected chi connectivity index (χ2v) is 11.4. The zero-order chi connectivity index (χ0) is 30.1. The first kappa shape index (κ1) is 28.2. The van der Waals surface area contributed by atoms with Crippen molar-refractivity contribution in [2.45, 2.75) is 38.0 Å². The number of carbonyl (C=O) groups excluding carboxylic acids is 3. The molecule has 5 rings (SSSR count). The van der Waals surface area contributed by atoms with Crippen LogP contribution >= 0.6 is 0 Å². The van der Waals surface area contributed by atoms with Crippen molar-refractivity contribution in [1.82, 2.24) is 4.90 Å². The number of hydrogen-bond donors (Lipinski definition) is 6. The van der Waals surface area contributed by atoms with E-state index >= 15 is 0 Å². The summed E-state index contributed by atoms with van der Waals surface area (Å²) in [4.78, 5) is 42.7. The Hall–Kier alpha value is -4.29. The Morgan fingerprint density at radius 2 is 1.85 bits per heavy atom. The molecule has 0 saturated heterocycles. The number of likely N-dealkylation sites (N-methyl/N-ethyl adjacent to an activating group) is 1. The number of aromatic hydroxyl groups is 1. The molecule has 4 atom stereocenters. The molecule has 1 aromatic heterocycles. The fourth-order valence-electron chi connectivity index (χ4n) is 6.59. The highest BCUT2D eigenvalue weighted by Gasteiger charge is 2.64. The minimum atomic E-state index is -2.68. The molecule has 1 aromatic carbocycles. The van der Waals surface area contributed by atoms with Crippen LogP contribution in [0.2, 0.25) is 0 Å². The molecule has 2 aromatic rings. The van der Waals surface area contributed by atoms with Crippen molar-refractivity contribution in [3.8, 4) is 5.75 Å². The predicted octanol–water partition coefficient (Wildman–Crippen LogP) is 1.54. The van der Waals surface area contributed by atoms with Crippen LogP contribution in [0.1, 0.15) is 29.1 Å². The first-order valence-electron chi connectivity index (χ1n) is 13.2. The summed E-state index contributed by atoms with van der Waals surface area (Å²) in [7, 11) is 6.75. The van der Waals surface area contributed by atoms with Crippen molar-refractivity contribution in [2.75, 3.05) is 38.4 Å². The highest BCUT2D eigenvalue weighted by Crippen LogP contribution is 2.54. The number of aliphatic hydroxyl groups excluding tert-OH is 2. The summed E-state index contributed by atoms with van der Waals surface area (Å²) in [6.45, 7) is 2.05. The van der Waals surface area contributed by atoms with Gasteiger partial charge in [-0.25, -0.2) is 0 Å². The van der Waals surface area contributed by atoms with Gasteiger partial charge in [0.05, 0.1) is 23.8 Å². The van der Waals surface area contributed by atoms with E-state index < -0.39 is 58.0 Å². The van der Waals surface area contributed by atoms with Crippen LogP contribution in [0.25, 0.3) is 5.76 Å². The maximum atomic E-state index is 14.1. The van der Waals surface area contributed by atoms with Crippen LogP contribution in [0.4, 0.5) is 11.4 Å². The standard InChI is InChI=1S/C29H34N4O8/c1-12-6-7-14(41-12)11-31-17-10-18(32(2)3)15-8-13-9-16-22(33(4)5)25(36)21(28(30)39)27(38)29(16,40)26(37)19(13)24(35)20(15)23(17)34/h6-7,10,13,16,22,31,34-35,38,40H,8-9,11H2,1-5H3,(H2,30,39)/t13-,16-,22-,29-/m0/s1. The lowest BCUT2D eigenvalue weighted by molar-refractivity contribution is -0.153. The molecular formula is C29H34N4O8. The van der Waals surface area contributed by atoms with Crippen molar-refractivity contribution >= 4 is 34.6 Å². The highest BCUT2D eigenvalue weighted by atomic mass is 16.4. The summed E-state index contributed by atoms with van der Waals surface area (Å²) in [5.41, 5.74) is 3.21. The Morgan fingerprint density at radius 3 is 2.41 bits per heavy atom. The lowest BCUT2D eigenvalue weighted by Crippen LogP contribution is -2.65. The molecule has 41 heavy (non-hydrogen) atoms. The minimum absolute atomic E-state index is 0.0191. The number of aryl methyl sites for hydroxylation is 1. The molecule has 0 radical (unpaired) electrons. The van der Waals surface area contributed by atoms with Gasteiger partial charge in [-0.15, -0.1) is 0 Å². The zero-order valence-electron chi connectivity index (χ0n) is 23.5. The number of nitrogens with one attached hydrogen (secondary N) is 1. The van der Waals surface area contributed by atoms with Crippen LogP contribution in [0.5, 0.6) is 5.75 Å². The molecule has 3 aliphatic carbocycles. The Bertz CT molecular complexity index is 1550. The molecule has 1 fully saturated rings. The summed E-state index contributed by atoms with van der Waals surface area (Å²) >= 11 is 0. The number of nitrogens with two attached hydrogens (primary N) is 1. The second-order valence-electron chi connectivity index (χ2n) is 11.4. The van der Waals surface area contributed by atoms with Gasteiger partial charge in [0.2, 0.25) is 5.78 Å². The molecule has 1 saturated carbocycles. The summed E-state index contributed by atoms with van der Waals surface area (Å²) in [6.07, 6.45) is 0.227. The Morgan fingerprint density at radius 1 is 1.17 bits per heavy atom. The van der Waals surface area contributed by atoms with E-state index in [2.05, 4.69) is 5.32 Å². The van der Waals surface area contributed by atoms with E-state index in [-0.39, 0.29) is 42.0 Å². The highest BCUT2D eigenvalue weighted by molar-refractivity contribution is 6.24. The van der Waals surface area contributed by atoms with Gasteiger partial charge in [-0.3, -0.25) is 19.3 Å². The molecule has 12 heteroatoms.